The summed E-state index contributed by atoms with van der Waals surface area (Å²) in [5, 5.41) is 22.9. The first-order chi connectivity index (χ1) is 40.4. The number of aliphatic hydroxyl groups excluding tert-OH is 2. The number of benzene rings is 4. The number of nitrogens with one attached hydrogen (secondary N) is 2. The van der Waals surface area contributed by atoms with E-state index in [1.165, 1.54) is 22.3 Å². The maximum atomic E-state index is 13.5. The SMILES string of the molecule is O=C1NS(=O)(=O)[C@@H]2CCC[C@H]2CCC[C@H](O)[C@@H]2CC[C@H]2CN2C[C@@]3(CCCc4cc(Cl)ccc43)COc3ccc1cc32.O=C1NS(=O)(=O)[C@H]2CCC[C@@H]2CCC[C@H](O)[C@@H]2CC[C@H]2CN2C[C@@]3(CCCc4cc(Cl)ccc43)COc3ccc1cc32. The van der Waals surface area contributed by atoms with Crippen molar-refractivity contribution in [2.24, 2.45) is 35.5 Å². The molecule has 4 fully saturated rings. The largest absolute Gasteiger partial charge is 0.490 e. The van der Waals surface area contributed by atoms with Crippen LogP contribution in [0.2, 0.25) is 10.0 Å². The van der Waals surface area contributed by atoms with E-state index in [9.17, 15) is 36.6 Å². The number of ether oxygens (including phenoxy) is 2. The Morgan fingerprint density at radius 2 is 0.905 bits per heavy atom. The molecule has 4 N–H and O–H groups in total. The second-order valence-corrected chi connectivity index (χ2v) is 31.7. The Balaban J connectivity index is 0.000000157. The van der Waals surface area contributed by atoms with Crippen LogP contribution < -0.4 is 28.7 Å². The molecule has 84 heavy (non-hydrogen) atoms. The van der Waals surface area contributed by atoms with Crippen molar-refractivity contribution in [1.29, 1.82) is 0 Å². The zero-order valence-corrected chi connectivity index (χ0v) is 51.3. The average Bonchev–Trinajstić information content (AvgIpc) is 2.24. The van der Waals surface area contributed by atoms with E-state index in [0.717, 1.165) is 163 Å². The minimum atomic E-state index is -3.83. The molecule has 452 valence electrons. The molecule has 4 aromatic rings. The summed E-state index contributed by atoms with van der Waals surface area (Å²) in [6.07, 6.45) is 18.5. The van der Waals surface area contributed by atoms with Crippen molar-refractivity contribution in [2.75, 3.05) is 49.2 Å². The Kier molecular flexibility index (Phi) is 16.4. The molecule has 14 rings (SSSR count). The molecule has 0 saturated heterocycles. The third-order valence-corrected chi connectivity index (χ3v) is 26.3. The van der Waals surface area contributed by atoms with Crippen molar-refractivity contribution in [2.45, 2.75) is 175 Å². The van der Waals surface area contributed by atoms with Crippen LogP contribution in [0, 0.1) is 35.5 Å². The summed E-state index contributed by atoms with van der Waals surface area (Å²) in [7, 11) is -7.65. The standard InChI is InChI=1S/2C33H41ClN2O5S/c2*34-25-11-13-27-22(16-25)6-3-15-33(27)19-36-18-24-9-12-26(24)29(37)7-1-4-21-5-2-8-31(21)42(39,40)35-32(38)23-10-14-30(41-20-33)28(36)17-23/h2*10-11,13-14,16-17,21,24,26,29,31,37H,1-9,12,15,18-20H2,(H,35,38)/t21-,24+,26-,29+,31-,33+;21-,24-,26+,29-,31-,33-/m10/s1. The maximum Gasteiger partial charge on any atom is 0.264 e. The van der Waals surface area contributed by atoms with E-state index in [-0.39, 0.29) is 46.7 Å². The van der Waals surface area contributed by atoms with Gasteiger partial charge in [0.2, 0.25) is 20.0 Å². The second kappa shape index (κ2) is 23.5. The number of sulfonamides is 2. The van der Waals surface area contributed by atoms with Crippen LogP contribution in [0.1, 0.15) is 171 Å². The zero-order chi connectivity index (χ0) is 58.1. The fourth-order valence-corrected chi connectivity index (χ4v) is 21.3. The van der Waals surface area contributed by atoms with Gasteiger partial charge in [-0.2, -0.15) is 0 Å². The first-order valence-electron chi connectivity index (χ1n) is 31.5. The number of hydrogen-bond acceptors (Lipinski definition) is 12. The van der Waals surface area contributed by atoms with Gasteiger partial charge in [-0.05, 0) is 234 Å². The summed E-state index contributed by atoms with van der Waals surface area (Å²) in [6.45, 7) is 4.01. The number of hydrogen-bond donors (Lipinski definition) is 4. The van der Waals surface area contributed by atoms with Crippen molar-refractivity contribution in [3.8, 4) is 11.5 Å². The van der Waals surface area contributed by atoms with Crippen LogP contribution in [0.4, 0.5) is 11.4 Å². The smallest absolute Gasteiger partial charge is 0.264 e. The minimum absolute atomic E-state index is 0.0213. The molecule has 4 heterocycles. The average molecular weight is 1230 g/mol. The second-order valence-electron chi connectivity index (χ2n) is 27.0. The van der Waals surface area contributed by atoms with Gasteiger partial charge in [0.1, 0.15) is 11.5 Å². The molecule has 4 bridgehead atoms. The van der Waals surface area contributed by atoms with Crippen molar-refractivity contribution >= 4 is 66.4 Å². The summed E-state index contributed by atoms with van der Waals surface area (Å²) in [4.78, 5) is 31.6. The van der Waals surface area contributed by atoms with Crippen molar-refractivity contribution in [3.63, 3.8) is 0 Å². The number of amides is 2. The molecule has 4 saturated carbocycles. The van der Waals surface area contributed by atoms with E-state index in [0.29, 0.717) is 73.4 Å². The Morgan fingerprint density at radius 1 is 0.488 bits per heavy atom. The van der Waals surface area contributed by atoms with Gasteiger partial charge in [0.25, 0.3) is 11.8 Å². The molecular weight excluding hydrogens is 1140 g/mol. The molecule has 4 aliphatic heterocycles. The molecule has 2 spiro atoms. The number of nitrogens with zero attached hydrogens (tertiary/aromatic N) is 2. The lowest BCUT2D eigenvalue weighted by Crippen LogP contribution is -2.49. The van der Waals surface area contributed by atoms with Crippen molar-refractivity contribution in [1.82, 2.24) is 9.44 Å². The molecule has 0 unspecified atom stereocenters. The number of fused-ring (bicyclic) bond motifs is 10. The van der Waals surface area contributed by atoms with Gasteiger partial charge in [0.05, 0.1) is 47.3 Å². The highest BCUT2D eigenvalue weighted by Gasteiger charge is 2.48. The number of halogens is 2. The highest BCUT2D eigenvalue weighted by Crippen LogP contribution is 2.50. The lowest BCUT2D eigenvalue weighted by atomic mass is 9.68. The Bertz CT molecular complexity index is 3180. The van der Waals surface area contributed by atoms with Crippen molar-refractivity contribution < 1.29 is 46.1 Å². The van der Waals surface area contributed by atoms with Crippen LogP contribution in [0.5, 0.6) is 11.5 Å². The van der Waals surface area contributed by atoms with Crippen LogP contribution in [0.15, 0.2) is 72.8 Å². The van der Waals surface area contributed by atoms with Gasteiger partial charge in [-0.1, -0.05) is 61.0 Å². The van der Waals surface area contributed by atoms with E-state index in [2.05, 4.69) is 43.5 Å². The monoisotopic (exact) mass is 1220 g/mol. The summed E-state index contributed by atoms with van der Waals surface area (Å²) in [6, 6.07) is 23.0. The molecule has 18 heteroatoms. The third kappa shape index (κ3) is 11.4. The molecule has 0 aromatic heterocycles. The predicted octanol–water partition coefficient (Wildman–Crippen LogP) is 11.2. The zero-order valence-electron chi connectivity index (χ0n) is 48.1. The lowest BCUT2D eigenvalue weighted by Gasteiger charge is -2.46. The van der Waals surface area contributed by atoms with Crippen LogP contribution >= 0.6 is 23.2 Å². The van der Waals surface area contributed by atoms with Crippen LogP contribution in [0.3, 0.4) is 0 Å². The first kappa shape index (κ1) is 58.4. The van der Waals surface area contributed by atoms with Crippen LogP contribution in [-0.2, 0) is 43.7 Å². The Hall–Kier alpha value is -4.58. The number of carbonyl (C=O) groups excluding carboxylic acids is 2. The molecule has 2 amide bonds. The van der Waals surface area contributed by atoms with Gasteiger partial charge in [-0.3, -0.25) is 9.59 Å². The van der Waals surface area contributed by atoms with Crippen molar-refractivity contribution in [3.05, 3.63) is 116 Å². The number of aliphatic hydroxyl groups is 2. The maximum absolute atomic E-state index is 13.5. The van der Waals surface area contributed by atoms with Gasteiger partial charge in [-0.25, -0.2) is 26.3 Å². The molecule has 4 aromatic carbocycles. The van der Waals surface area contributed by atoms with E-state index in [4.69, 9.17) is 32.7 Å². The van der Waals surface area contributed by atoms with Crippen LogP contribution in [0.25, 0.3) is 0 Å². The predicted molar refractivity (Wildman–Crippen MR) is 328 cm³/mol. The van der Waals surface area contributed by atoms with E-state index in [1.807, 2.05) is 36.4 Å². The summed E-state index contributed by atoms with van der Waals surface area (Å²) < 4.78 is 71.6. The van der Waals surface area contributed by atoms with E-state index in [1.54, 1.807) is 12.1 Å². The quantitative estimate of drug-likeness (QED) is 0.130. The van der Waals surface area contributed by atoms with Crippen LogP contribution in [-0.4, -0.2) is 101 Å². The third-order valence-electron chi connectivity index (χ3n) is 22.0. The van der Waals surface area contributed by atoms with Gasteiger partial charge in [0, 0.05) is 58.2 Å². The number of aryl methyl sites for hydroxylation is 2. The van der Waals surface area contributed by atoms with E-state index >= 15 is 0 Å². The van der Waals surface area contributed by atoms with Gasteiger partial charge < -0.3 is 29.5 Å². The van der Waals surface area contributed by atoms with Gasteiger partial charge in [0.15, 0.2) is 0 Å². The topological polar surface area (TPSA) is 192 Å². The highest BCUT2D eigenvalue weighted by molar-refractivity contribution is 7.91. The molecular formula is C66H82Cl2N4O10S2. The fourth-order valence-electron chi connectivity index (χ4n) is 17.4. The molecule has 0 radical (unpaired) electrons. The van der Waals surface area contributed by atoms with E-state index < -0.39 is 42.4 Å². The van der Waals surface area contributed by atoms with Gasteiger partial charge in [-0.15, -0.1) is 0 Å². The van der Waals surface area contributed by atoms with Gasteiger partial charge >= 0.3 is 0 Å². The molecule has 6 aliphatic carbocycles. The Morgan fingerprint density at radius 3 is 1.31 bits per heavy atom. The summed E-state index contributed by atoms with van der Waals surface area (Å²) >= 11 is 12.8. The normalized spacial score (nSPS) is 34.2. The molecule has 10 aliphatic rings. The number of rotatable bonds is 0. The Labute approximate surface area is 506 Å². The number of anilines is 2. The fraction of sp³-hybridized carbons (Fsp3) is 0.606. The molecule has 14 nitrogen and oxygen atoms in total. The summed E-state index contributed by atoms with van der Waals surface area (Å²) in [5.41, 5.74) is 6.91. The summed E-state index contributed by atoms with van der Waals surface area (Å²) in [5.74, 6) is 1.46. The highest BCUT2D eigenvalue weighted by atomic mass is 35.5. The molecule has 12 atom stereocenters. The minimum Gasteiger partial charge on any atom is -0.490 e. The first-order valence-corrected chi connectivity index (χ1v) is 35.4. The number of carbonyl (C=O) groups is 2. The lowest BCUT2D eigenvalue weighted by molar-refractivity contribution is 0.00833.